The second-order valence-corrected chi connectivity index (χ2v) is 6.87. The van der Waals surface area contributed by atoms with E-state index in [1.165, 1.54) is 11.3 Å². The van der Waals surface area contributed by atoms with Gasteiger partial charge in [-0.2, -0.15) is 11.3 Å². The predicted molar refractivity (Wildman–Crippen MR) is 108 cm³/mol. The van der Waals surface area contributed by atoms with Gasteiger partial charge in [0.15, 0.2) is 0 Å². The highest BCUT2D eigenvalue weighted by molar-refractivity contribution is 7.08. The lowest BCUT2D eigenvalue weighted by atomic mass is 10.2. The third kappa shape index (κ3) is 3.47. The lowest BCUT2D eigenvalue weighted by Crippen LogP contribution is -2.16. The van der Waals surface area contributed by atoms with E-state index < -0.39 is 5.91 Å². The van der Waals surface area contributed by atoms with E-state index in [9.17, 15) is 9.59 Å². The van der Waals surface area contributed by atoms with E-state index in [4.69, 9.17) is 4.42 Å². The van der Waals surface area contributed by atoms with Gasteiger partial charge in [-0.05, 0) is 48.2 Å². The van der Waals surface area contributed by atoms with Crippen LogP contribution in [0.2, 0.25) is 0 Å². The van der Waals surface area contributed by atoms with Gasteiger partial charge >= 0.3 is 0 Å². The van der Waals surface area contributed by atoms with Gasteiger partial charge < -0.3 is 15.1 Å². The van der Waals surface area contributed by atoms with E-state index in [1.807, 2.05) is 48.7 Å². The molecule has 0 spiro atoms. The Morgan fingerprint density at radius 2 is 1.81 bits per heavy atom. The normalized spacial score (nSPS) is 10.7. The SMILES string of the molecule is Cc1cccc(NC(=O)c2oc3ccccc3c2NC(=O)c2ccsc2)c1. The molecule has 134 valence electrons. The summed E-state index contributed by atoms with van der Waals surface area (Å²) in [5.41, 5.74) is 3.13. The number of carbonyl (C=O) groups is 2. The molecule has 0 unspecified atom stereocenters. The summed E-state index contributed by atoms with van der Waals surface area (Å²) in [4.78, 5) is 25.3. The summed E-state index contributed by atoms with van der Waals surface area (Å²) in [5, 5.41) is 9.91. The van der Waals surface area contributed by atoms with Crippen LogP contribution in [-0.2, 0) is 0 Å². The maximum absolute atomic E-state index is 12.8. The fraction of sp³-hybridized carbons (Fsp3) is 0.0476. The molecule has 0 radical (unpaired) electrons. The number of furan rings is 1. The Hall–Kier alpha value is -3.38. The molecule has 0 atom stereocenters. The van der Waals surface area contributed by atoms with E-state index in [2.05, 4.69) is 10.6 Å². The monoisotopic (exact) mass is 376 g/mol. The second-order valence-electron chi connectivity index (χ2n) is 6.09. The molecule has 2 N–H and O–H groups in total. The fourth-order valence-electron chi connectivity index (χ4n) is 2.82. The van der Waals surface area contributed by atoms with E-state index in [-0.39, 0.29) is 11.7 Å². The summed E-state index contributed by atoms with van der Waals surface area (Å²) in [7, 11) is 0. The largest absolute Gasteiger partial charge is 0.449 e. The van der Waals surface area contributed by atoms with E-state index >= 15 is 0 Å². The van der Waals surface area contributed by atoms with Crippen LogP contribution < -0.4 is 10.6 Å². The highest BCUT2D eigenvalue weighted by Crippen LogP contribution is 2.32. The van der Waals surface area contributed by atoms with Crippen LogP contribution in [0, 0.1) is 6.92 Å². The molecule has 0 aliphatic heterocycles. The average Bonchev–Trinajstić information content (AvgIpc) is 3.30. The summed E-state index contributed by atoms with van der Waals surface area (Å²) < 4.78 is 5.76. The molecule has 2 heterocycles. The number of nitrogens with one attached hydrogen (secondary N) is 2. The number of hydrogen-bond acceptors (Lipinski definition) is 4. The maximum Gasteiger partial charge on any atom is 0.293 e. The minimum absolute atomic E-state index is 0.0706. The van der Waals surface area contributed by atoms with Crippen LogP contribution in [0.4, 0.5) is 11.4 Å². The molecule has 0 saturated carbocycles. The van der Waals surface area contributed by atoms with Crippen molar-refractivity contribution >= 4 is 45.5 Å². The molecular weight excluding hydrogens is 360 g/mol. The zero-order chi connectivity index (χ0) is 18.8. The predicted octanol–water partition coefficient (Wildman–Crippen LogP) is 5.31. The van der Waals surface area contributed by atoms with Gasteiger partial charge in [0, 0.05) is 16.5 Å². The molecule has 27 heavy (non-hydrogen) atoms. The van der Waals surface area contributed by atoms with Crippen LogP contribution in [0.1, 0.15) is 26.5 Å². The minimum Gasteiger partial charge on any atom is -0.449 e. The lowest BCUT2D eigenvalue weighted by Gasteiger charge is -2.07. The van der Waals surface area contributed by atoms with Gasteiger partial charge in [0.1, 0.15) is 11.3 Å². The molecular formula is C21H16N2O3S. The van der Waals surface area contributed by atoms with Gasteiger partial charge in [-0.15, -0.1) is 0 Å². The Balaban J connectivity index is 1.71. The number of para-hydroxylation sites is 1. The maximum atomic E-state index is 12.8. The summed E-state index contributed by atoms with van der Waals surface area (Å²) >= 11 is 1.43. The first-order valence-corrected chi connectivity index (χ1v) is 9.29. The second kappa shape index (κ2) is 7.09. The van der Waals surface area contributed by atoms with Crippen LogP contribution in [0.25, 0.3) is 11.0 Å². The van der Waals surface area contributed by atoms with Crippen molar-refractivity contribution in [2.45, 2.75) is 6.92 Å². The minimum atomic E-state index is -0.419. The van der Waals surface area contributed by atoms with Crippen LogP contribution in [0.3, 0.4) is 0 Å². The quantitative estimate of drug-likeness (QED) is 0.507. The molecule has 2 amide bonds. The van der Waals surface area contributed by atoms with Crippen LogP contribution in [0.5, 0.6) is 0 Å². The van der Waals surface area contributed by atoms with Crippen molar-refractivity contribution in [3.05, 3.63) is 82.2 Å². The van der Waals surface area contributed by atoms with Gasteiger partial charge in [0.25, 0.3) is 11.8 Å². The number of amides is 2. The first-order valence-electron chi connectivity index (χ1n) is 8.35. The molecule has 5 nitrogen and oxygen atoms in total. The number of aryl methyl sites for hydroxylation is 1. The van der Waals surface area contributed by atoms with Crippen molar-refractivity contribution in [1.82, 2.24) is 0 Å². The summed E-state index contributed by atoms with van der Waals surface area (Å²) in [5.74, 6) is -0.633. The van der Waals surface area contributed by atoms with Gasteiger partial charge in [-0.3, -0.25) is 9.59 Å². The Bertz CT molecular complexity index is 1130. The fourth-order valence-corrected chi connectivity index (χ4v) is 3.46. The first-order chi connectivity index (χ1) is 13.1. The van der Waals surface area contributed by atoms with Crippen LogP contribution in [-0.4, -0.2) is 11.8 Å². The van der Waals surface area contributed by atoms with Gasteiger partial charge in [0.05, 0.1) is 5.56 Å². The molecule has 4 aromatic rings. The number of carbonyl (C=O) groups excluding carboxylic acids is 2. The zero-order valence-corrected chi connectivity index (χ0v) is 15.3. The highest BCUT2D eigenvalue weighted by atomic mass is 32.1. The van der Waals surface area contributed by atoms with E-state index in [1.54, 1.807) is 23.6 Å². The zero-order valence-electron chi connectivity index (χ0n) is 14.5. The van der Waals surface area contributed by atoms with Crippen molar-refractivity contribution in [2.75, 3.05) is 10.6 Å². The Morgan fingerprint density at radius 1 is 0.963 bits per heavy atom. The number of rotatable bonds is 4. The summed E-state index contributed by atoms with van der Waals surface area (Å²) in [6.45, 7) is 1.95. The van der Waals surface area contributed by atoms with E-state index in [0.717, 1.165) is 5.56 Å². The molecule has 4 rings (SSSR count). The molecule has 0 fully saturated rings. The smallest absolute Gasteiger partial charge is 0.293 e. The van der Waals surface area contributed by atoms with Crippen molar-refractivity contribution in [1.29, 1.82) is 0 Å². The Labute approximate surface area is 159 Å². The molecule has 0 aliphatic carbocycles. The van der Waals surface area contributed by atoms with Crippen molar-refractivity contribution in [3.63, 3.8) is 0 Å². The summed E-state index contributed by atoms with van der Waals surface area (Å²) in [6, 6.07) is 16.4. The van der Waals surface area contributed by atoms with Gasteiger partial charge in [-0.25, -0.2) is 0 Å². The van der Waals surface area contributed by atoms with Gasteiger partial charge in [0.2, 0.25) is 5.76 Å². The Kier molecular flexibility index (Phi) is 4.48. The number of fused-ring (bicyclic) bond motifs is 1. The molecule has 0 aliphatic rings. The summed E-state index contributed by atoms with van der Waals surface area (Å²) in [6.07, 6.45) is 0. The first kappa shape index (κ1) is 17.1. The molecule has 0 saturated heterocycles. The van der Waals surface area contributed by atoms with Crippen molar-refractivity contribution in [3.8, 4) is 0 Å². The Morgan fingerprint density at radius 3 is 2.59 bits per heavy atom. The topological polar surface area (TPSA) is 71.3 Å². The number of benzene rings is 2. The third-order valence-electron chi connectivity index (χ3n) is 4.10. The van der Waals surface area contributed by atoms with Crippen molar-refractivity contribution in [2.24, 2.45) is 0 Å². The van der Waals surface area contributed by atoms with E-state index in [0.29, 0.717) is 27.9 Å². The molecule has 0 bridgehead atoms. The number of anilines is 2. The van der Waals surface area contributed by atoms with Crippen LogP contribution in [0.15, 0.2) is 69.8 Å². The van der Waals surface area contributed by atoms with Crippen LogP contribution >= 0.6 is 11.3 Å². The standard InChI is InChI=1S/C21H16N2O3S/c1-13-5-4-6-15(11-13)22-21(25)19-18(16-7-2-3-8-17(16)26-19)23-20(24)14-9-10-27-12-14/h2-12H,1H3,(H,22,25)(H,23,24). The third-order valence-corrected chi connectivity index (χ3v) is 4.78. The average molecular weight is 376 g/mol. The lowest BCUT2D eigenvalue weighted by molar-refractivity contribution is 0.0999. The van der Waals surface area contributed by atoms with Gasteiger partial charge in [-0.1, -0.05) is 24.3 Å². The number of thiophene rings is 1. The number of hydrogen-bond donors (Lipinski definition) is 2. The molecule has 2 aromatic carbocycles. The van der Waals surface area contributed by atoms with Crippen molar-refractivity contribution < 1.29 is 14.0 Å². The molecule has 2 aromatic heterocycles. The highest BCUT2D eigenvalue weighted by Gasteiger charge is 2.23. The molecule has 6 heteroatoms.